The van der Waals surface area contributed by atoms with Crippen LogP contribution in [0.5, 0.6) is 0 Å². The Kier molecular flexibility index (Phi) is 1.94. The molecule has 0 aliphatic rings. The van der Waals surface area contributed by atoms with Gasteiger partial charge in [-0.3, -0.25) is 9.89 Å². The van der Waals surface area contributed by atoms with Gasteiger partial charge in [-0.25, -0.2) is 0 Å². The van der Waals surface area contributed by atoms with Gasteiger partial charge in [0.25, 0.3) is 0 Å². The van der Waals surface area contributed by atoms with Gasteiger partial charge in [0, 0.05) is 11.8 Å². The number of aromatic amines is 1. The second-order valence-electron chi connectivity index (χ2n) is 2.73. The summed E-state index contributed by atoms with van der Waals surface area (Å²) in [5.74, 6) is 0.296. The van der Waals surface area contributed by atoms with Gasteiger partial charge >= 0.3 is 0 Å². The predicted molar refractivity (Wildman–Crippen MR) is 43.4 cm³/mol. The van der Waals surface area contributed by atoms with Crippen LogP contribution in [0.3, 0.4) is 0 Å². The van der Waals surface area contributed by atoms with Gasteiger partial charge in [-0.15, -0.1) is 0 Å². The van der Waals surface area contributed by atoms with E-state index in [0.717, 1.165) is 5.69 Å². The zero-order valence-electron chi connectivity index (χ0n) is 6.59. The average molecular weight is 153 g/mol. The molecule has 0 unspecified atom stereocenters. The maximum absolute atomic E-state index is 10.9. The van der Waals surface area contributed by atoms with Crippen molar-refractivity contribution in [2.75, 3.05) is 5.73 Å². The van der Waals surface area contributed by atoms with Crippen LogP contribution in [-0.2, 0) is 0 Å². The summed E-state index contributed by atoms with van der Waals surface area (Å²) in [4.78, 5) is 10.9. The highest BCUT2D eigenvalue weighted by Gasteiger charge is 2.01. The van der Waals surface area contributed by atoms with E-state index in [4.69, 9.17) is 5.73 Å². The van der Waals surface area contributed by atoms with Gasteiger partial charge in [0.1, 0.15) is 0 Å². The van der Waals surface area contributed by atoms with Crippen molar-refractivity contribution in [3.8, 4) is 0 Å². The molecule has 1 aromatic heterocycles. The number of rotatable bonds is 1. The highest BCUT2D eigenvalue weighted by molar-refractivity contribution is 5.26. The number of nitrogens with one attached hydrogen (secondary N) is 1. The molecular weight excluding hydrogens is 142 g/mol. The van der Waals surface area contributed by atoms with Crippen molar-refractivity contribution in [2.45, 2.75) is 19.8 Å². The van der Waals surface area contributed by atoms with Crippen molar-refractivity contribution in [2.24, 2.45) is 0 Å². The van der Waals surface area contributed by atoms with Crippen molar-refractivity contribution in [1.29, 1.82) is 0 Å². The number of nitrogens with two attached hydrogens (primary N) is 1. The lowest BCUT2D eigenvalue weighted by Crippen LogP contribution is -2.13. The first-order valence-corrected chi connectivity index (χ1v) is 3.46. The van der Waals surface area contributed by atoms with Gasteiger partial charge in [0.05, 0.1) is 0 Å². The van der Waals surface area contributed by atoms with Crippen molar-refractivity contribution in [1.82, 2.24) is 10.2 Å². The molecule has 0 spiro atoms. The Morgan fingerprint density at radius 1 is 1.64 bits per heavy atom. The number of aromatic nitrogens is 2. The summed E-state index contributed by atoms with van der Waals surface area (Å²) in [5, 5.41) is 6.34. The van der Waals surface area contributed by atoms with E-state index in [0.29, 0.717) is 0 Å². The second kappa shape index (κ2) is 2.74. The Morgan fingerprint density at radius 3 is 2.73 bits per heavy atom. The van der Waals surface area contributed by atoms with Gasteiger partial charge in [-0.2, -0.15) is 5.10 Å². The summed E-state index contributed by atoms with van der Waals surface area (Å²) in [7, 11) is 0. The second-order valence-corrected chi connectivity index (χ2v) is 2.73. The molecule has 1 aromatic rings. The summed E-state index contributed by atoms with van der Waals surface area (Å²) < 4.78 is 0. The van der Waals surface area contributed by atoms with E-state index in [-0.39, 0.29) is 17.2 Å². The Bertz CT molecular complexity index is 303. The molecule has 0 radical (unpaired) electrons. The topological polar surface area (TPSA) is 71.8 Å². The molecule has 60 valence electrons. The fourth-order valence-corrected chi connectivity index (χ4v) is 0.723. The molecule has 0 aliphatic heterocycles. The molecule has 0 fully saturated rings. The van der Waals surface area contributed by atoms with Crippen molar-refractivity contribution in [3.63, 3.8) is 0 Å². The maximum Gasteiger partial charge on any atom is 0.224 e. The van der Waals surface area contributed by atoms with Crippen LogP contribution in [-0.4, -0.2) is 10.2 Å². The van der Waals surface area contributed by atoms with Gasteiger partial charge in [-0.05, 0) is 5.92 Å². The van der Waals surface area contributed by atoms with E-state index >= 15 is 0 Å². The fourth-order valence-electron chi connectivity index (χ4n) is 0.723. The SMILES string of the molecule is CC(C)c1cc(=O)c(N)n[nH]1. The van der Waals surface area contributed by atoms with E-state index < -0.39 is 0 Å². The van der Waals surface area contributed by atoms with Crippen LogP contribution in [0.1, 0.15) is 25.5 Å². The van der Waals surface area contributed by atoms with Crippen LogP contribution >= 0.6 is 0 Å². The summed E-state index contributed by atoms with van der Waals surface area (Å²) in [6, 6.07) is 1.48. The Hall–Kier alpha value is -1.32. The summed E-state index contributed by atoms with van der Waals surface area (Å²) in [5.41, 5.74) is 5.83. The highest BCUT2D eigenvalue weighted by Crippen LogP contribution is 2.06. The largest absolute Gasteiger partial charge is 0.379 e. The average Bonchev–Trinajstić information content (AvgIpc) is 1.94. The Labute approximate surface area is 64.4 Å². The zero-order valence-corrected chi connectivity index (χ0v) is 6.59. The van der Waals surface area contributed by atoms with Crippen LogP contribution in [0.25, 0.3) is 0 Å². The predicted octanol–water partition coefficient (Wildman–Crippen LogP) is 0.475. The first-order valence-electron chi connectivity index (χ1n) is 3.46. The normalized spacial score (nSPS) is 10.5. The van der Waals surface area contributed by atoms with Gasteiger partial charge in [-0.1, -0.05) is 13.8 Å². The van der Waals surface area contributed by atoms with Gasteiger partial charge in [0.15, 0.2) is 5.82 Å². The van der Waals surface area contributed by atoms with E-state index in [9.17, 15) is 4.79 Å². The number of anilines is 1. The fraction of sp³-hybridized carbons (Fsp3) is 0.429. The third-order valence-electron chi connectivity index (χ3n) is 1.47. The number of nitrogen functional groups attached to an aromatic ring is 1. The summed E-state index contributed by atoms with van der Waals surface area (Å²) in [6.07, 6.45) is 0. The van der Waals surface area contributed by atoms with Crippen molar-refractivity contribution < 1.29 is 0 Å². The Morgan fingerprint density at radius 2 is 2.27 bits per heavy atom. The molecule has 0 amide bonds. The lowest BCUT2D eigenvalue weighted by molar-refractivity contribution is 0.784. The third-order valence-corrected chi connectivity index (χ3v) is 1.47. The van der Waals surface area contributed by atoms with Gasteiger partial charge in [0.2, 0.25) is 5.43 Å². The molecule has 4 nitrogen and oxygen atoms in total. The van der Waals surface area contributed by atoms with E-state index in [2.05, 4.69) is 10.2 Å². The summed E-state index contributed by atoms with van der Waals surface area (Å²) >= 11 is 0. The zero-order chi connectivity index (χ0) is 8.43. The number of H-pyrrole nitrogens is 1. The van der Waals surface area contributed by atoms with Crippen LogP contribution in [0.15, 0.2) is 10.9 Å². The molecular formula is C7H11N3O. The first-order chi connectivity index (χ1) is 5.11. The summed E-state index contributed by atoms with van der Waals surface area (Å²) in [6.45, 7) is 3.95. The number of hydrogen-bond acceptors (Lipinski definition) is 3. The minimum absolute atomic E-state index is 0.0226. The highest BCUT2D eigenvalue weighted by atomic mass is 16.1. The third kappa shape index (κ3) is 1.58. The quantitative estimate of drug-likeness (QED) is 0.616. The van der Waals surface area contributed by atoms with Crippen LogP contribution < -0.4 is 11.2 Å². The molecule has 0 saturated heterocycles. The molecule has 3 N–H and O–H groups in total. The smallest absolute Gasteiger partial charge is 0.224 e. The molecule has 4 heteroatoms. The molecule has 1 heterocycles. The van der Waals surface area contributed by atoms with Crippen LogP contribution in [0, 0.1) is 0 Å². The van der Waals surface area contributed by atoms with Gasteiger partial charge < -0.3 is 5.73 Å². The molecule has 11 heavy (non-hydrogen) atoms. The maximum atomic E-state index is 10.9. The molecule has 0 saturated carbocycles. The van der Waals surface area contributed by atoms with Crippen LogP contribution in [0.2, 0.25) is 0 Å². The molecule has 0 bridgehead atoms. The molecule has 0 aliphatic carbocycles. The number of nitrogens with zero attached hydrogens (tertiary/aromatic N) is 1. The minimum atomic E-state index is -0.215. The number of hydrogen-bond donors (Lipinski definition) is 2. The van der Waals surface area contributed by atoms with Crippen molar-refractivity contribution in [3.05, 3.63) is 22.0 Å². The Balaban J connectivity index is 3.16. The lowest BCUT2D eigenvalue weighted by Gasteiger charge is -2.02. The minimum Gasteiger partial charge on any atom is -0.379 e. The monoisotopic (exact) mass is 153 g/mol. The van der Waals surface area contributed by atoms with Crippen molar-refractivity contribution >= 4 is 5.82 Å². The molecule has 0 aromatic carbocycles. The van der Waals surface area contributed by atoms with E-state index in [1.807, 2.05) is 13.8 Å². The lowest BCUT2D eigenvalue weighted by atomic mass is 10.1. The molecule has 0 atom stereocenters. The molecule has 1 rings (SSSR count). The van der Waals surface area contributed by atoms with E-state index in [1.54, 1.807) is 0 Å². The van der Waals surface area contributed by atoms with Crippen LogP contribution in [0.4, 0.5) is 5.82 Å². The first kappa shape index (κ1) is 7.78. The standard InChI is InChI=1S/C7H11N3O/c1-4(2)5-3-6(11)7(8)10-9-5/h3-4H,1-2H3,(H2,8,10)(H,9,11). The van der Waals surface area contributed by atoms with E-state index in [1.165, 1.54) is 6.07 Å².